The minimum absolute atomic E-state index is 0.0128. The number of hydrogen-bond donors (Lipinski definition) is 1. The highest BCUT2D eigenvalue weighted by molar-refractivity contribution is 8.15. The first-order chi connectivity index (χ1) is 15.8. The molecule has 0 radical (unpaired) electrons. The van der Waals surface area contributed by atoms with Gasteiger partial charge in [0.15, 0.2) is 15.0 Å². The van der Waals surface area contributed by atoms with Crippen molar-refractivity contribution in [3.63, 3.8) is 0 Å². The molecule has 3 heterocycles. The fourth-order valence-electron chi connectivity index (χ4n) is 4.75. The number of carbonyl (C=O) groups is 1. The minimum atomic E-state index is -2.95. The zero-order chi connectivity index (χ0) is 23.2. The number of sulfone groups is 1. The first-order valence-corrected chi connectivity index (χ1v) is 13.9. The lowest BCUT2D eigenvalue weighted by Gasteiger charge is -2.41. The second kappa shape index (κ2) is 8.68. The summed E-state index contributed by atoms with van der Waals surface area (Å²) in [7, 11) is -2.95. The Morgan fingerprint density at radius 3 is 2.61 bits per heavy atom. The van der Waals surface area contributed by atoms with Gasteiger partial charge >= 0.3 is 0 Å². The predicted molar refractivity (Wildman–Crippen MR) is 135 cm³/mol. The molecule has 3 aliphatic rings. The molecule has 174 valence electrons. The second-order valence-electron chi connectivity index (χ2n) is 9.07. The smallest absolute Gasteiger partial charge is 0.253 e. The Balaban J connectivity index is 1.19. The van der Waals surface area contributed by atoms with Crippen molar-refractivity contribution in [1.29, 1.82) is 0 Å². The highest BCUT2D eigenvalue weighted by Crippen LogP contribution is 2.34. The van der Waals surface area contributed by atoms with Gasteiger partial charge in [-0.2, -0.15) is 0 Å². The van der Waals surface area contributed by atoms with E-state index in [4.69, 9.17) is 0 Å². The summed E-state index contributed by atoms with van der Waals surface area (Å²) in [5.74, 6) is 0.378. The number of thioether (sulfide) groups is 1. The number of carbonyl (C=O) groups excluding carboxylic acids is 1. The highest BCUT2D eigenvalue weighted by atomic mass is 32.2. The fourth-order valence-corrected chi connectivity index (χ4v) is 8.43. The van der Waals surface area contributed by atoms with Gasteiger partial charge in [0.1, 0.15) is 0 Å². The van der Waals surface area contributed by atoms with E-state index in [9.17, 15) is 13.2 Å². The maximum absolute atomic E-state index is 13.1. The molecule has 0 saturated carbocycles. The van der Waals surface area contributed by atoms with Gasteiger partial charge in [0.2, 0.25) is 0 Å². The summed E-state index contributed by atoms with van der Waals surface area (Å²) >= 11 is 1.49. The summed E-state index contributed by atoms with van der Waals surface area (Å²) in [6.45, 7) is 6.45. The molecule has 5 rings (SSSR count). The summed E-state index contributed by atoms with van der Waals surface area (Å²) in [5.41, 5.74) is 3.96. The molecule has 2 aromatic rings. The van der Waals surface area contributed by atoms with Crippen LogP contribution in [0.25, 0.3) is 0 Å². The van der Waals surface area contributed by atoms with E-state index in [0.717, 1.165) is 17.4 Å². The van der Waals surface area contributed by atoms with E-state index in [1.807, 2.05) is 29.2 Å². The van der Waals surface area contributed by atoms with Gasteiger partial charge in [-0.1, -0.05) is 23.9 Å². The Labute approximate surface area is 199 Å². The van der Waals surface area contributed by atoms with E-state index in [0.29, 0.717) is 18.7 Å². The minimum Gasteiger partial charge on any atom is -0.365 e. The van der Waals surface area contributed by atoms with E-state index in [2.05, 4.69) is 53.3 Å². The molecule has 0 spiro atoms. The average molecular weight is 485 g/mol. The first kappa shape index (κ1) is 22.3. The third-order valence-electron chi connectivity index (χ3n) is 6.45. The number of hydrogen-bond acceptors (Lipinski definition) is 7. The van der Waals surface area contributed by atoms with Crippen LogP contribution in [0.4, 0.5) is 11.4 Å². The number of piperazine rings is 1. The Kier molecular flexibility index (Phi) is 5.86. The van der Waals surface area contributed by atoms with Gasteiger partial charge in [0, 0.05) is 47.9 Å². The zero-order valence-corrected chi connectivity index (χ0v) is 20.4. The summed E-state index contributed by atoms with van der Waals surface area (Å²) in [5, 5.41) is 4.03. The number of anilines is 2. The molecule has 1 amide bonds. The van der Waals surface area contributed by atoms with Gasteiger partial charge in [-0.3, -0.25) is 9.79 Å². The standard InChI is InChI=1S/C24H28N4O3S2/c1-16-4-3-5-20(12-16)28-11-10-27(13-17(28)2)23(29)18-6-8-19(9-7-18)25-24-26-21-14-33(30,31)15-22(21)32-24/h3-9,12,17,21-22H,10-11,13-15H2,1-2H3,(H,25,26)/t17-,21+,22+/m0/s1. The Bertz CT molecular complexity index is 1200. The highest BCUT2D eigenvalue weighted by Gasteiger charge is 2.42. The molecule has 1 N–H and O–H groups in total. The van der Waals surface area contributed by atoms with Crippen LogP contribution < -0.4 is 10.2 Å². The lowest BCUT2D eigenvalue weighted by atomic mass is 10.1. The van der Waals surface area contributed by atoms with Crippen molar-refractivity contribution < 1.29 is 13.2 Å². The molecular formula is C24H28N4O3S2. The number of nitrogens with one attached hydrogen (secondary N) is 1. The van der Waals surface area contributed by atoms with Gasteiger partial charge in [-0.15, -0.1) is 0 Å². The second-order valence-corrected chi connectivity index (χ2v) is 12.5. The molecule has 3 aliphatic heterocycles. The number of benzene rings is 2. The monoisotopic (exact) mass is 484 g/mol. The lowest BCUT2D eigenvalue weighted by Crippen LogP contribution is -2.53. The van der Waals surface area contributed by atoms with Gasteiger partial charge in [0.25, 0.3) is 5.91 Å². The van der Waals surface area contributed by atoms with Crippen molar-refractivity contribution in [3.05, 3.63) is 59.7 Å². The van der Waals surface area contributed by atoms with Crippen molar-refractivity contribution >= 4 is 44.0 Å². The van der Waals surface area contributed by atoms with Crippen molar-refractivity contribution in [2.45, 2.75) is 31.2 Å². The van der Waals surface area contributed by atoms with Gasteiger partial charge < -0.3 is 15.1 Å². The summed E-state index contributed by atoms with van der Waals surface area (Å²) in [6, 6.07) is 16.0. The molecule has 2 saturated heterocycles. The molecule has 0 unspecified atom stereocenters. The molecule has 9 heteroatoms. The maximum Gasteiger partial charge on any atom is 0.253 e. The summed E-state index contributed by atoms with van der Waals surface area (Å²) in [6.07, 6.45) is 0. The van der Waals surface area contributed by atoms with E-state index >= 15 is 0 Å². The van der Waals surface area contributed by atoms with Crippen LogP contribution in [0.2, 0.25) is 0 Å². The van der Waals surface area contributed by atoms with Crippen molar-refractivity contribution in [3.8, 4) is 0 Å². The van der Waals surface area contributed by atoms with E-state index in [-0.39, 0.29) is 34.7 Å². The number of aliphatic imine (C=N–C) groups is 1. The third-order valence-corrected chi connectivity index (χ3v) is 9.59. The van der Waals surface area contributed by atoms with Crippen LogP contribution in [-0.2, 0) is 9.84 Å². The molecule has 2 aromatic carbocycles. The Hall–Kier alpha value is -2.52. The molecular weight excluding hydrogens is 456 g/mol. The topological polar surface area (TPSA) is 82.1 Å². The quantitative estimate of drug-likeness (QED) is 0.721. The number of aryl methyl sites for hydroxylation is 1. The molecule has 7 nitrogen and oxygen atoms in total. The van der Waals surface area contributed by atoms with E-state index < -0.39 is 9.84 Å². The molecule has 0 aliphatic carbocycles. The molecule has 0 aromatic heterocycles. The molecule has 3 atom stereocenters. The van der Waals surface area contributed by atoms with Crippen LogP contribution in [0.3, 0.4) is 0 Å². The van der Waals surface area contributed by atoms with E-state index in [1.54, 1.807) is 0 Å². The van der Waals surface area contributed by atoms with Gasteiger partial charge in [-0.25, -0.2) is 8.42 Å². The number of amides is 1. The van der Waals surface area contributed by atoms with Crippen molar-refractivity contribution in [1.82, 2.24) is 4.90 Å². The molecule has 33 heavy (non-hydrogen) atoms. The van der Waals surface area contributed by atoms with E-state index in [1.165, 1.54) is 23.0 Å². The molecule has 0 bridgehead atoms. The van der Waals surface area contributed by atoms with Crippen LogP contribution in [0.15, 0.2) is 53.5 Å². The molecule has 2 fully saturated rings. The van der Waals surface area contributed by atoms with Crippen molar-refractivity contribution in [2.24, 2.45) is 4.99 Å². The zero-order valence-electron chi connectivity index (χ0n) is 18.8. The number of amidine groups is 1. The SMILES string of the molecule is Cc1cccc(N2CCN(C(=O)c3ccc(NC4=N[C@@H]5CS(=O)(=O)C[C@H]5S4)cc3)C[C@@H]2C)c1. The number of rotatable bonds is 3. The maximum atomic E-state index is 13.1. The fraction of sp³-hybridized carbons (Fsp3) is 0.417. The predicted octanol–water partition coefficient (Wildman–Crippen LogP) is 3.03. The van der Waals surface area contributed by atoms with Crippen LogP contribution in [0.5, 0.6) is 0 Å². The largest absolute Gasteiger partial charge is 0.365 e. The Morgan fingerprint density at radius 1 is 1.12 bits per heavy atom. The summed E-state index contributed by atoms with van der Waals surface area (Å²) in [4.78, 5) is 21.9. The van der Waals surface area contributed by atoms with Gasteiger partial charge in [0.05, 0.1) is 17.5 Å². The third kappa shape index (κ3) is 4.75. The summed E-state index contributed by atoms with van der Waals surface area (Å²) < 4.78 is 23.4. The normalized spacial score (nSPS) is 26.1. The Morgan fingerprint density at radius 2 is 1.91 bits per heavy atom. The van der Waals surface area contributed by atoms with Gasteiger partial charge in [-0.05, 0) is 55.8 Å². The van der Waals surface area contributed by atoms with Crippen LogP contribution in [0, 0.1) is 6.92 Å². The van der Waals surface area contributed by atoms with Crippen LogP contribution in [0.1, 0.15) is 22.8 Å². The lowest BCUT2D eigenvalue weighted by molar-refractivity contribution is 0.0726. The van der Waals surface area contributed by atoms with Crippen LogP contribution >= 0.6 is 11.8 Å². The number of fused-ring (bicyclic) bond motifs is 1. The van der Waals surface area contributed by atoms with Crippen LogP contribution in [-0.4, -0.2) is 72.9 Å². The first-order valence-electron chi connectivity index (χ1n) is 11.2. The average Bonchev–Trinajstić information content (AvgIpc) is 3.26. The number of nitrogens with zero attached hydrogens (tertiary/aromatic N) is 3. The van der Waals surface area contributed by atoms with Crippen molar-refractivity contribution in [2.75, 3.05) is 41.4 Å².